The van der Waals surface area contributed by atoms with Crippen molar-refractivity contribution in [1.29, 1.82) is 0 Å². The van der Waals surface area contributed by atoms with Crippen molar-refractivity contribution in [1.82, 2.24) is 15.0 Å². The minimum atomic E-state index is 0.145. The Morgan fingerprint density at radius 1 is 1.11 bits per heavy atom. The normalized spacial score (nSPS) is 10.6. The molecule has 2 N–H and O–H groups in total. The molecule has 0 amide bonds. The van der Waals surface area contributed by atoms with Gasteiger partial charge in [0.05, 0.1) is 17.6 Å². The van der Waals surface area contributed by atoms with Crippen LogP contribution in [0.4, 0.5) is 5.69 Å². The topological polar surface area (TPSA) is 77.8 Å². The van der Waals surface area contributed by atoms with Crippen LogP contribution in [0, 0.1) is 0 Å². The fourth-order valence-corrected chi connectivity index (χ4v) is 1.90. The molecule has 0 atom stereocenters. The molecule has 5 nitrogen and oxygen atoms in total. The highest BCUT2D eigenvalue weighted by atomic mass is 35.5. The second-order valence-corrected chi connectivity index (χ2v) is 4.23. The molecule has 19 heavy (non-hydrogen) atoms. The number of hydrogen-bond acceptors (Lipinski definition) is 5. The minimum Gasteiger partial charge on any atom is -0.463 e. The van der Waals surface area contributed by atoms with Crippen LogP contribution in [-0.2, 0) is 0 Å². The summed E-state index contributed by atoms with van der Waals surface area (Å²) in [6.07, 6.45) is 4.81. The standard InChI is InChI=1S/C13H9ClN4O/c14-13-17-10(8-4-9(15)7-16-6-8)5-11(18-13)12-2-1-3-19-12/h1-7H,15H2. The first-order chi connectivity index (χ1) is 9.22. The molecule has 94 valence electrons. The van der Waals surface area contributed by atoms with E-state index in [1.54, 1.807) is 42.9 Å². The molecule has 3 heterocycles. The van der Waals surface area contributed by atoms with Gasteiger partial charge in [0.1, 0.15) is 5.69 Å². The lowest BCUT2D eigenvalue weighted by atomic mass is 10.1. The maximum absolute atomic E-state index is 5.94. The number of anilines is 1. The third kappa shape index (κ3) is 2.41. The van der Waals surface area contributed by atoms with Crippen LogP contribution < -0.4 is 5.73 Å². The van der Waals surface area contributed by atoms with E-state index in [1.807, 2.05) is 0 Å². The summed E-state index contributed by atoms with van der Waals surface area (Å²) in [5.41, 5.74) is 8.30. The van der Waals surface area contributed by atoms with Gasteiger partial charge in [-0.05, 0) is 35.9 Å². The molecule has 0 radical (unpaired) electrons. The first kappa shape index (κ1) is 11.7. The second-order valence-electron chi connectivity index (χ2n) is 3.89. The van der Waals surface area contributed by atoms with Crippen LogP contribution in [-0.4, -0.2) is 15.0 Å². The van der Waals surface area contributed by atoms with Gasteiger partial charge >= 0.3 is 0 Å². The quantitative estimate of drug-likeness (QED) is 0.726. The summed E-state index contributed by atoms with van der Waals surface area (Å²) in [5.74, 6) is 0.627. The third-order valence-electron chi connectivity index (χ3n) is 2.53. The predicted octanol–water partition coefficient (Wildman–Crippen LogP) is 3.03. The fourth-order valence-electron chi connectivity index (χ4n) is 1.71. The predicted molar refractivity (Wildman–Crippen MR) is 72.4 cm³/mol. The summed E-state index contributed by atoms with van der Waals surface area (Å²) < 4.78 is 5.30. The largest absolute Gasteiger partial charge is 0.463 e. The van der Waals surface area contributed by atoms with E-state index < -0.39 is 0 Å². The lowest BCUT2D eigenvalue weighted by Gasteiger charge is -2.04. The van der Waals surface area contributed by atoms with Crippen molar-refractivity contribution in [3.05, 3.63) is 48.2 Å². The van der Waals surface area contributed by atoms with Gasteiger partial charge in [0.15, 0.2) is 5.76 Å². The summed E-state index contributed by atoms with van der Waals surface area (Å²) in [4.78, 5) is 12.3. The van der Waals surface area contributed by atoms with Gasteiger partial charge in [-0.2, -0.15) is 0 Å². The summed E-state index contributed by atoms with van der Waals surface area (Å²) in [6.45, 7) is 0. The molecule has 0 spiro atoms. The first-order valence-corrected chi connectivity index (χ1v) is 5.89. The van der Waals surface area contributed by atoms with Gasteiger partial charge in [-0.15, -0.1) is 0 Å². The van der Waals surface area contributed by atoms with E-state index in [0.29, 0.717) is 22.8 Å². The maximum Gasteiger partial charge on any atom is 0.223 e. The molecule has 0 saturated carbocycles. The van der Waals surface area contributed by atoms with Gasteiger partial charge in [0.2, 0.25) is 5.28 Å². The molecular weight excluding hydrogens is 264 g/mol. The smallest absolute Gasteiger partial charge is 0.223 e. The Kier molecular flexibility index (Phi) is 2.89. The van der Waals surface area contributed by atoms with Crippen molar-refractivity contribution in [3.63, 3.8) is 0 Å². The highest BCUT2D eigenvalue weighted by molar-refractivity contribution is 6.28. The number of pyridine rings is 1. The van der Waals surface area contributed by atoms with Gasteiger partial charge < -0.3 is 10.2 Å². The number of nitrogen functional groups attached to an aromatic ring is 1. The van der Waals surface area contributed by atoms with Crippen LogP contribution in [0.25, 0.3) is 22.7 Å². The molecule has 0 fully saturated rings. The number of rotatable bonds is 2. The first-order valence-electron chi connectivity index (χ1n) is 5.52. The Balaban J connectivity index is 2.12. The molecule has 0 saturated heterocycles. The third-order valence-corrected chi connectivity index (χ3v) is 2.70. The van der Waals surface area contributed by atoms with Crippen molar-refractivity contribution < 1.29 is 4.42 Å². The maximum atomic E-state index is 5.94. The number of hydrogen-bond donors (Lipinski definition) is 1. The van der Waals surface area contributed by atoms with E-state index in [2.05, 4.69) is 15.0 Å². The van der Waals surface area contributed by atoms with Crippen molar-refractivity contribution >= 4 is 17.3 Å². The Labute approximate surface area is 114 Å². The summed E-state index contributed by atoms with van der Waals surface area (Å²) in [6, 6.07) is 7.14. The molecule has 0 aliphatic heterocycles. The number of furan rings is 1. The Morgan fingerprint density at radius 3 is 2.68 bits per heavy atom. The molecule has 3 aromatic rings. The van der Waals surface area contributed by atoms with Gasteiger partial charge in [-0.1, -0.05) is 0 Å². The summed E-state index contributed by atoms with van der Waals surface area (Å²) >= 11 is 5.94. The van der Waals surface area contributed by atoms with Crippen LogP contribution in [0.2, 0.25) is 5.28 Å². The zero-order valence-corrected chi connectivity index (χ0v) is 10.5. The molecule has 6 heteroatoms. The van der Waals surface area contributed by atoms with Crippen LogP contribution >= 0.6 is 11.6 Å². The second kappa shape index (κ2) is 4.70. The monoisotopic (exact) mass is 272 g/mol. The molecule has 0 aromatic carbocycles. The molecule has 0 unspecified atom stereocenters. The van der Waals surface area contributed by atoms with Gasteiger partial charge in [-0.25, -0.2) is 9.97 Å². The summed E-state index contributed by atoms with van der Waals surface area (Å²) in [5, 5.41) is 0.145. The Hall–Kier alpha value is -2.40. The van der Waals surface area contributed by atoms with E-state index in [1.165, 1.54) is 0 Å². The van der Waals surface area contributed by atoms with Crippen molar-refractivity contribution in [3.8, 4) is 22.7 Å². The van der Waals surface area contributed by atoms with E-state index in [4.69, 9.17) is 21.8 Å². The lowest BCUT2D eigenvalue weighted by molar-refractivity contribution is 0.580. The average Bonchev–Trinajstić information content (AvgIpc) is 2.92. The van der Waals surface area contributed by atoms with Gasteiger partial charge in [-0.3, -0.25) is 4.98 Å². The minimum absolute atomic E-state index is 0.145. The zero-order valence-electron chi connectivity index (χ0n) is 9.75. The summed E-state index contributed by atoms with van der Waals surface area (Å²) in [7, 11) is 0. The van der Waals surface area contributed by atoms with Gasteiger partial charge in [0.25, 0.3) is 0 Å². The molecule has 3 aromatic heterocycles. The SMILES string of the molecule is Nc1cncc(-c2cc(-c3ccco3)nc(Cl)n2)c1. The Bertz CT molecular complexity index is 712. The van der Waals surface area contributed by atoms with Crippen LogP contribution in [0.5, 0.6) is 0 Å². The number of aromatic nitrogens is 3. The van der Waals surface area contributed by atoms with Crippen molar-refractivity contribution in [2.75, 3.05) is 5.73 Å². The number of nitrogens with zero attached hydrogens (tertiary/aromatic N) is 3. The van der Waals surface area contributed by atoms with Gasteiger partial charge in [0, 0.05) is 18.0 Å². The number of nitrogens with two attached hydrogens (primary N) is 1. The van der Waals surface area contributed by atoms with Crippen LogP contribution in [0.1, 0.15) is 0 Å². The molecule has 0 bridgehead atoms. The van der Waals surface area contributed by atoms with E-state index >= 15 is 0 Å². The van der Waals surface area contributed by atoms with Crippen molar-refractivity contribution in [2.45, 2.75) is 0 Å². The van der Waals surface area contributed by atoms with E-state index in [9.17, 15) is 0 Å². The lowest BCUT2D eigenvalue weighted by Crippen LogP contribution is -1.93. The highest BCUT2D eigenvalue weighted by Crippen LogP contribution is 2.25. The molecule has 0 aliphatic rings. The van der Waals surface area contributed by atoms with Crippen molar-refractivity contribution in [2.24, 2.45) is 0 Å². The zero-order chi connectivity index (χ0) is 13.2. The van der Waals surface area contributed by atoms with Crippen LogP contribution in [0.3, 0.4) is 0 Å². The average molecular weight is 273 g/mol. The molecular formula is C13H9ClN4O. The van der Waals surface area contributed by atoms with Crippen LogP contribution in [0.15, 0.2) is 47.3 Å². The highest BCUT2D eigenvalue weighted by Gasteiger charge is 2.09. The molecule has 0 aliphatic carbocycles. The molecule has 3 rings (SSSR count). The fraction of sp³-hybridized carbons (Fsp3) is 0. The number of halogens is 1. The Morgan fingerprint density at radius 2 is 1.95 bits per heavy atom. The van der Waals surface area contributed by atoms with E-state index in [0.717, 1.165) is 5.56 Å². The van der Waals surface area contributed by atoms with E-state index in [-0.39, 0.29) is 5.28 Å².